The lowest BCUT2D eigenvalue weighted by Gasteiger charge is -2.39. The number of nitrogen functional groups attached to an aromatic ring is 1. The van der Waals surface area contributed by atoms with Crippen molar-refractivity contribution in [3.63, 3.8) is 0 Å². The molecular weight excluding hydrogens is 337 g/mol. The molecule has 1 saturated heterocycles. The molecule has 0 atom stereocenters. The van der Waals surface area contributed by atoms with Gasteiger partial charge in [-0.3, -0.25) is 4.79 Å². The number of carbonyl (C=O) groups excluding carboxylic acids is 2. The van der Waals surface area contributed by atoms with Gasteiger partial charge in [0.15, 0.2) is 0 Å². The number of piperidine rings is 1. The number of halogens is 1. The number of nitrogens with zero attached hydrogens (tertiary/aromatic N) is 2. The minimum absolute atomic E-state index is 0.0703. The molecule has 1 aromatic rings. The summed E-state index contributed by atoms with van der Waals surface area (Å²) < 4.78 is 18.8. The lowest BCUT2D eigenvalue weighted by molar-refractivity contribution is -0.119. The van der Waals surface area contributed by atoms with E-state index in [9.17, 15) is 14.0 Å². The summed E-state index contributed by atoms with van der Waals surface area (Å²) in [4.78, 5) is 28.0. The summed E-state index contributed by atoms with van der Waals surface area (Å²) >= 11 is 0. The molecule has 1 aromatic carbocycles. The molecular formula is C19H28FN3O3. The largest absolute Gasteiger partial charge is 0.444 e. The first-order valence-electron chi connectivity index (χ1n) is 8.97. The minimum atomic E-state index is -0.541. The van der Waals surface area contributed by atoms with Crippen LogP contribution in [0.2, 0.25) is 0 Å². The Labute approximate surface area is 154 Å². The monoisotopic (exact) mass is 365 g/mol. The second kappa shape index (κ2) is 7.93. The molecule has 1 aliphatic heterocycles. The summed E-state index contributed by atoms with van der Waals surface area (Å²) in [7, 11) is 0. The van der Waals surface area contributed by atoms with Crippen molar-refractivity contribution < 1.29 is 18.7 Å². The molecule has 0 aliphatic carbocycles. The van der Waals surface area contributed by atoms with Crippen molar-refractivity contribution in [2.75, 3.05) is 23.7 Å². The van der Waals surface area contributed by atoms with E-state index < -0.39 is 11.4 Å². The van der Waals surface area contributed by atoms with Crippen LogP contribution >= 0.6 is 0 Å². The summed E-state index contributed by atoms with van der Waals surface area (Å²) in [6, 6.07) is 3.98. The molecule has 7 heteroatoms. The molecule has 0 unspecified atom stereocenters. The fraction of sp³-hybridized carbons (Fsp3) is 0.579. The number of likely N-dealkylation sites (tertiary alicyclic amines) is 1. The SMILES string of the molecule is CCC(=O)N(c1ccc(F)cc1N)C1CCN(C(=O)OC(C)(C)C)CC1. The number of ether oxygens (including phenoxy) is 1. The van der Waals surface area contributed by atoms with Crippen LogP contribution in [0.25, 0.3) is 0 Å². The normalized spacial score (nSPS) is 15.7. The summed E-state index contributed by atoms with van der Waals surface area (Å²) in [5.41, 5.74) is 6.17. The molecule has 0 bridgehead atoms. The van der Waals surface area contributed by atoms with E-state index in [2.05, 4.69) is 0 Å². The van der Waals surface area contributed by atoms with E-state index in [4.69, 9.17) is 10.5 Å². The van der Waals surface area contributed by atoms with Crippen LogP contribution in [0.3, 0.4) is 0 Å². The molecule has 0 aromatic heterocycles. The van der Waals surface area contributed by atoms with Gasteiger partial charge in [0.2, 0.25) is 5.91 Å². The molecule has 2 rings (SSSR count). The Hall–Kier alpha value is -2.31. The van der Waals surface area contributed by atoms with Crippen LogP contribution in [0.4, 0.5) is 20.6 Å². The number of hydrogen-bond acceptors (Lipinski definition) is 4. The topological polar surface area (TPSA) is 75.9 Å². The van der Waals surface area contributed by atoms with E-state index in [1.165, 1.54) is 12.1 Å². The maximum Gasteiger partial charge on any atom is 0.410 e. The Morgan fingerprint density at radius 2 is 1.92 bits per heavy atom. The van der Waals surface area contributed by atoms with Gasteiger partial charge >= 0.3 is 6.09 Å². The number of anilines is 2. The van der Waals surface area contributed by atoms with Gasteiger partial charge in [-0.2, -0.15) is 0 Å². The van der Waals surface area contributed by atoms with E-state index >= 15 is 0 Å². The van der Waals surface area contributed by atoms with Crippen molar-refractivity contribution in [3.05, 3.63) is 24.0 Å². The van der Waals surface area contributed by atoms with Crippen molar-refractivity contribution >= 4 is 23.4 Å². The molecule has 1 aliphatic rings. The quantitative estimate of drug-likeness (QED) is 0.831. The second-order valence-corrected chi connectivity index (χ2v) is 7.52. The number of hydrogen-bond donors (Lipinski definition) is 1. The average molecular weight is 365 g/mol. The van der Waals surface area contributed by atoms with E-state index in [-0.39, 0.29) is 23.7 Å². The van der Waals surface area contributed by atoms with Crippen LogP contribution in [0.1, 0.15) is 47.0 Å². The van der Waals surface area contributed by atoms with Crippen molar-refractivity contribution in [2.24, 2.45) is 0 Å². The highest BCUT2D eigenvalue weighted by Crippen LogP contribution is 2.30. The Bertz CT molecular complexity index is 664. The molecule has 1 fully saturated rings. The fourth-order valence-electron chi connectivity index (χ4n) is 3.08. The van der Waals surface area contributed by atoms with Gasteiger partial charge in [0.1, 0.15) is 11.4 Å². The molecule has 2 N–H and O–H groups in total. The number of nitrogens with two attached hydrogens (primary N) is 1. The van der Waals surface area contributed by atoms with Crippen molar-refractivity contribution in [3.8, 4) is 0 Å². The molecule has 1 heterocycles. The summed E-state index contributed by atoms with van der Waals surface area (Å²) in [5, 5.41) is 0. The number of rotatable bonds is 3. The third-order valence-electron chi connectivity index (χ3n) is 4.30. The predicted octanol–water partition coefficient (Wildman–Crippen LogP) is 3.55. The summed E-state index contributed by atoms with van der Waals surface area (Å²) in [5.74, 6) is -0.506. The van der Waals surface area contributed by atoms with Crippen LogP contribution in [-0.4, -0.2) is 41.6 Å². The number of carbonyl (C=O) groups is 2. The summed E-state index contributed by atoms with van der Waals surface area (Å²) in [6.45, 7) is 8.26. The van der Waals surface area contributed by atoms with Gasteiger partial charge in [-0.05, 0) is 51.8 Å². The molecule has 26 heavy (non-hydrogen) atoms. The number of amides is 2. The zero-order valence-electron chi connectivity index (χ0n) is 15.9. The Morgan fingerprint density at radius 1 is 1.31 bits per heavy atom. The van der Waals surface area contributed by atoms with E-state index in [0.29, 0.717) is 38.0 Å². The van der Waals surface area contributed by atoms with Crippen molar-refractivity contribution in [1.82, 2.24) is 4.90 Å². The first kappa shape index (κ1) is 20.0. The van der Waals surface area contributed by atoms with Gasteiger partial charge in [-0.1, -0.05) is 6.92 Å². The summed E-state index contributed by atoms with van der Waals surface area (Å²) in [6.07, 6.45) is 1.21. The highest BCUT2D eigenvalue weighted by atomic mass is 19.1. The van der Waals surface area contributed by atoms with Gasteiger partial charge in [0.05, 0.1) is 11.4 Å². The third kappa shape index (κ3) is 4.86. The van der Waals surface area contributed by atoms with Crippen LogP contribution in [-0.2, 0) is 9.53 Å². The zero-order chi connectivity index (χ0) is 19.5. The Kier molecular flexibility index (Phi) is 6.10. The maximum absolute atomic E-state index is 13.4. The second-order valence-electron chi connectivity index (χ2n) is 7.52. The minimum Gasteiger partial charge on any atom is -0.444 e. The third-order valence-corrected chi connectivity index (χ3v) is 4.30. The van der Waals surface area contributed by atoms with Crippen LogP contribution < -0.4 is 10.6 Å². The van der Waals surface area contributed by atoms with Crippen LogP contribution in [0, 0.1) is 5.82 Å². The van der Waals surface area contributed by atoms with Crippen LogP contribution in [0.5, 0.6) is 0 Å². The first-order chi connectivity index (χ1) is 12.1. The first-order valence-corrected chi connectivity index (χ1v) is 8.97. The van der Waals surface area contributed by atoms with E-state index in [1.54, 1.807) is 22.8 Å². The standard InChI is InChI=1S/C19H28FN3O3/c1-5-17(24)23(16-7-6-13(20)12-15(16)21)14-8-10-22(11-9-14)18(25)26-19(2,3)4/h6-7,12,14H,5,8-11,21H2,1-4H3. The lowest BCUT2D eigenvalue weighted by Crippen LogP contribution is -2.50. The predicted molar refractivity (Wildman–Crippen MR) is 99.4 cm³/mol. The van der Waals surface area contributed by atoms with Crippen molar-refractivity contribution in [1.29, 1.82) is 0 Å². The maximum atomic E-state index is 13.4. The Morgan fingerprint density at radius 3 is 2.42 bits per heavy atom. The van der Waals surface area contributed by atoms with Gasteiger partial charge in [-0.25, -0.2) is 9.18 Å². The van der Waals surface area contributed by atoms with Gasteiger partial charge in [0.25, 0.3) is 0 Å². The van der Waals surface area contributed by atoms with Gasteiger partial charge in [-0.15, -0.1) is 0 Å². The highest BCUT2D eigenvalue weighted by Gasteiger charge is 2.32. The van der Waals surface area contributed by atoms with Gasteiger partial charge < -0.3 is 20.3 Å². The van der Waals surface area contributed by atoms with Crippen molar-refractivity contribution in [2.45, 2.75) is 58.6 Å². The molecule has 6 nitrogen and oxygen atoms in total. The van der Waals surface area contributed by atoms with E-state index in [0.717, 1.165) is 0 Å². The average Bonchev–Trinajstić information content (AvgIpc) is 2.55. The zero-order valence-corrected chi connectivity index (χ0v) is 15.9. The Balaban J connectivity index is 2.12. The van der Waals surface area contributed by atoms with Crippen LogP contribution in [0.15, 0.2) is 18.2 Å². The van der Waals surface area contributed by atoms with E-state index in [1.807, 2.05) is 20.8 Å². The molecule has 2 amide bonds. The molecule has 0 radical (unpaired) electrons. The smallest absolute Gasteiger partial charge is 0.410 e. The molecule has 0 saturated carbocycles. The molecule has 0 spiro atoms. The lowest BCUT2D eigenvalue weighted by atomic mass is 10.0. The number of benzene rings is 1. The fourth-order valence-corrected chi connectivity index (χ4v) is 3.08. The highest BCUT2D eigenvalue weighted by molar-refractivity contribution is 5.96. The molecule has 144 valence electrons. The van der Waals surface area contributed by atoms with Gasteiger partial charge in [0, 0.05) is 25.6 Å².